The third kappa shape index (κ3) is 6.63. The summed E-state index contributed by atoms with van der Waals surface area (Å²) in [5.41, 5.74) is 2.30. The number of nitrogens with one attached hydrogen (secondary N) is 2. The van der Waals surface area contributed by atoms with Gasteiger partial charge in [-0.15, -0.1) is 0 Å². The maximum absolute atomic E-state index is 12.2. The fourth-order valence-electron chi connectivity index (χ4n) is 2.27. The average molecular weight is 356 g/mol. The zero-order valence-corrected chi connectivity index (χ0v) is 15.4. The molecule has 0 unspecified atom stereocenters. The highest BCUT2D eigenvalue weighted by Gasteiger charge is 2.13. The first-order valence-corrected chi connectivity index (χ1v) is 9.53. The van der Waals surface area contributed by atoms with Crippen LogP contribution in [0.2, 0.25) is 0 Å². The lowest BCUT2D eigenvalue weighted by Gasteiger charge is -2.13. The zero-order chi connectivity index (χ0) is 18.1. The van der Waals surface area contributed by atoms with E-state index in [1.54, 1.807) is 30.0 Å². The van der Waals surface area contributed by atoms with Crippen molar-refractivity contribution in [3.63, 3.8) is 0 Å². The predicted molar refractivity (Wildman–Crippen MR) is 105 cm³/mol. The first-order valence-electron chi connectivity index (χ1n) is 8.37. The van der Waals surface area contributed by atoms with Gasteiger partial charge in [-0.1, -0.05) is 42.5 Å². The van der Waals surface area contributed by atoms with Crippen LogP contribution in [0.3, 0.4) is 0 Å². The van der Waals surface area contributed by atoms with E-state index in [4.69, 9.17) is 0 Å². The van der Waals surface area contributed by atoms with Gasteiger partial charge in [-0.25, -0.2) is 0 Å². The first kappa shape index (κ1) is 19.1. The molecule has 0 aliphatic carbocycles. The minimum absolute atomic E-state index is 0.0469. The Bertz CT molecular complexity index is 702. The molecule has 2 N–H and O–H groups in total. The number of benzene rings is 2. The van der Waals surface area contributed by atoms with Gasteiger partial charge in [-0.05, 0) is 31.5 Å². The van der Waals surface area contributed by atoms with E-state index in [1.165, 1.54) is 5.56 Å². The number of hydrogen-bond donors (Lipinski definition) is 2. The average Bonchev–Trinajstić information content (AvgIpc) is 2.59. The molecule has 2 rings (SSSR count). The van der Waals surface area contributed by atoms with Crippen LogP contribution in [0.25, 0.3) is 0 Å². The fraction of sp³-hybridized carbons (Fsp3) is 0.300. The Morgan fingerprint density at radius 3 is 2.40 bits per heavy atom. The van der Waals surface area contributed by atoms with Crippen molar-refractivity contribution in [3.8, 4) is 0 Å². The number of rotatable bonds is 8. The van der Waals surface area contributed by atoms with Crippen LogP contribution in [-0.2, 0) is 10.5 Å². The third-order valence-corrected chi connectivity index (χ3v) is 4.48. The van der Waals surface area contributed by atoms with Crippen LogP contribution in [-0.4, -0.2) is 23.6 Å². The minimum Gasteiger partial charge on any atom is -0.350 e. The molecule has 4 nitrogen and oxygen atoms in total. The van der Waals surface area contributed by atoms with Crippen molar-refractivity contribution in [1.82, 2.24) is 5.32 Å². The zero-order valence-electron chi connectivity index (χ0n) is 14.6. The molecule has 0 radical (unpaired) electrons. The highest BCUT2D eigenvalue weighted by atomic mass is 32.2. The largest absolute Gasteiger partial charge is 0.350 e. The third-order valence-electron chi connectivity index (χ3n) is 3.45. The minimum atomic E-state index is -0.177. The van der Waals surface area contributed by atoms with Gasteiger partial charge in [0.05, 0.1) is 11.3 Å². The van der Waals surface area contributed by atoms with Gasteiger partial charge in [0.2, 0.25) is 5.91 Å². The Kier molecular flexibility index (Phi) is 7.54. The molecule has 0 aromatic heterocycles. The van der Waals surface area contributed by atoms with Crippen molar-refractivity contribution in [2.45, 2.75) is 32.1 Å². The lowest BCUT2D eigenvalue weighted by molar-refractivity contribution is -0.115. The van der Waals surface area contributed by atoms with E-state index in [-0.39, 0.29) is 17.9 Å². The number of thioether (sulfide) groups is 1. The Labute approximate surface area is 153 Å². The lowest BCUT2D eigenvalue weighted by Crippen LogP contribution is -2.31. The fourth-order valence-corrected chi connectivity index (χ4v) is 3.17. The van der Waals surface area contributed by atoms with Crippen LogP contribution >= 0.6 is 11.8 Å². The molecule has 2 aromatic carbocycles. The molecule has 2 aromatic rings. The Morgan fingerprint density at radius 1 is 1.00 bits per heavy atom. The van der Waals surface area contributed by atoms with E-state index in [9.17, 15) is 9.59 Å². The standard InChI is InChI=1S/C20H24N2O2S/c1-15(2)21-20(24)17-10-6-7-11-18(17)22-19(23)12-13-25-14-16-8-4-3-5-9-16/h3-11,15H,12-14H2,1-2H3,(H,21,24)(H,22,23). The van der Waals surface area contributed by atoms with Crippen LogP contribution < -0.4 is 10.6 Å². The summed E-state index contributed by atoms with van der Waals surface area (Å²) in [5.74, 6) is 1.37. The Hall–Kier alpha value is -2.27. The monoisotopic (exact) mass is 356 g/mol. The summed E-state index contributed by atoms with van der Waals surface area (Å²) in [7, 11) is 0. The van der Waals surface area contributed by atoms with Gasteiger partial charge < -0.3 is 10.6 Å². The van der Waals surface area contributed by atoms with Gasteiger partial charge in [0.15, 0.2) is 0 Å². The highest BCUT2D eigenvalue weighted by Crippen LogP contribution is 2.17. The predicted octanol–water partition coefficient (Wildman–Crippen LogP) is 4.09. The smallest absolute Gasteiger partial charge is 0.253 e. The van der Waals surface area contributed by atoms with Crippen LogP contribution in [0.15, 0.2) is 54.6 Å². The van der Waals surface area contributed by atoms with E-state index < -0.39 is 0 Å². The number of anilines is 1. The second kappa shape index (κ2) is 9.89. The van der Waals surface area contributed by atoms with Crippen molar-refractivity contribution in [2.24, 2.45) is 0 Å². The van der Waals surface area contributed by atoms with E-state index in [0.29, 0.717) is 17.7 Å². The van der Waals surface area contributed by atoms with E-state index in [2.05, 4.69) is 22.8 Å². The first-order chi connectivity index (χ1) is 12.1. The lowest BCUT2D eigenvalue weighted by atomic mass is 10.1. The molecule has 0 saturated carbocycles. The number of para-hydroxylation sites is 1. The molecule has 0 heterocycles. The molecule has 0 spiro atoms. The van der Waals surface area contributed by atoms with Gasteiger partial charge in [-0.3, -0.25) is 9.59 Å². The van der Waals surface area contributed by atoms with E-state index in [0.717, 1.165) is 11.5 Å². The highest BCUT2D eigenvalue weighted by molar-refractivity contribution is 7.98. The maximum Gasteiger partial charge on any atom is 0.253 e. The summed E-state index contributed by atoms with van der Waals surface area (Å²) in [5, 5.41) is 5.70. The number of carbonyl (C=O) groups is 2. The van der Waals surface area contributed by atoms with Crippen molar-refractivity contribution >= 4 is 29.3 Å². The number of carbonyl (C=O) groups excluding carboxylic acids is 2. The summed E-state index contributed by atoms with van der Waals surface area (Å²) in [6.07, 6.45) is 0.414. The quantitative estimate of drug-likeness (QED) is 0.701. The Balaban J connectivity index is 1.83. The van der Waals surface area contributed by atoms with Crippen molar-refractivity contribution in [3.05, 3.63) is 65.7 Å². The molecule has 0 saturated heterocycles. The molecule has 132 valence electrons. The normalized spacial score (nSPS) is 10.5. The summed E-state index contributed by atoms with van der Waals surface area (Å²) >= 11 is 1.72. The van der Waals surface area contributed by atoms with E-state index in [1.807, 2.05) is 38.1 Å². The van der Waals surface area contributed by atoms with Crippen LogP contribution in [0.4, 0.5) is 5.69 Å². The summed E-state index contributed by atoms with van der Waals surface area (Å²) < 4.78 is 0. The van der Waals surface area contributed by atoms with Crippen molar-refractivity contribution in [2.75, 3.05) is 11.1 Å². The molecular formula is C20H24N2O2S. The van der Waals surface area contributed by atoms with Gasteiger partial charge in [0.1, 0.15) is 0 Å². The molecular weight excluding hydrogens is 332 g/mol. The van der Waals surface area contributed by atoms with Crippen molar-refractivity contribution < 1.29 is 9.59 Å². The molecule has 0 aliphatic rings. The van der Waals surface area contributed by atoms with Gasteiger partial charge in [0.25, 0.3) is 5.91 Å². The molecule has 25 heavy (non-hydrogen) atoms. The van der Waals surface area contributed by atoms with Gasteiger partial charge >= 0.3 is 0 Å². The molecule has 5 heteroatoms. The molecule has 0 atom stereocenters. The molecule has 0 bridgehead atoms. The van der Waals surface area contributed by atoms with Crippen LogP contribution in [0.1, 0.15) is 36.2 Å². The Morgan fingerprint density at radius 2 is 1.68 bits per heavy atom. The van der Waals surface area contributed by atoms with Crippen LogP contribution in [0, 0.1) is 0 Å². The summed E-state index contributed by atoms with van der Waals surface area (Å²) in [6, 6.07) is 17.3. The topological polar surface area (TPSA) is 58.2 Å². The van der Waals surface area contributed by atoms with Gasteiger partial charge in [-0.2, -0.15) is 11.8 Å². The number of amides is 2. The SMILES string of the molecule is CC(C)NC(=O)c1ccccc1NC(=O)CCSCc1ccccc1. The van der Waals surface area contributed by atoms with E-state index >= 15 is 0 Å². The summed E-state index contributed by atoms with van der Waals surface area (Å²) in [4.78, 5) is 24.4. The summed E-state index contributed by atoms with van der Waals surface area (Å²) in [6.45, 7) is 3.81. The van der Waals surface area contributed by atoms with Crippen LogP contribution in [0.5, 0.6) is 0 Å². The molecule has 0 fully saturated rings. The molecule has 2 amide bonds. The number of hydrogen-bond acceptors (Lipinski definition) is 3. The van der Waals surface area contributed by atoms with Crippen molar-refractivity contribution in [1.29, 1.82) is 0 Å². The maximum atomic E-state index is 12.2. The van der Waals surface area contributed by atoms with Gasteiger partial charge in [0, 0.05) is 24.0 Å². The molecule has 0 aliphatic heterocycles. The second-order valence-electron chi connectivity index (χ2n) is 6.01. The second-order valence-corrected chi connectivity index (χ2v) is 7.12.